The Morgan fingerprint density at radius 1 is 1.22 bits per heavy atom. The molecule has 0 spiro atoms. The van der Waals surface area contributed by atoms with Crippen molar-refractivity contribution < 1.29 is 9.90 Å². The third kappa shape index (κ3) is 3.49. The molecular weight excluding hydrogens is 336 g/mol. The van der Waals surface area contributed by atoms with Gasteiger partial charge in [-0.05, 0) is 46.0 Å². The Morgan fingerprint density at radius 3 is 2.70 bits per heavy atom. The molecule has 0 radical (unpaired) electrons. The topological polar surface area (TPSA) is 74.0 Å². The number of carboxylic acid groups (broad SMARTS) is 1. The summed E-state index contributed by atoms with van der Waals surface area (Å²) in [6.45, 7) is 5.68. The minimum Gasteiger partial charge on any atom is -0.481 e. The molecule has 0 amide bonds. The van der Waals surface area contributed by atoms with Crippen molar-refractivity contribution in [1.29, 1.82) is 5.26 Å². The molecule has 0 aliphatic carbocycles. The van der Waals surface area contributed by atoms with E-state index in [2.05, 4.69) is 17.6 Å². The van der Waals surface area contributed by atoms with Gasteiger partial charge in [0.25, 0.3) is 0 Å². The largest absolute Gasteiger partial charge is 0.481 e. The van der Waals surface area contributed by atoms with E-state index in [-0.39, 0.29) is 6.42 Å². The summed E-state index contributed by atoms with van der Waals surface area (Å²) in [7, 11) is 0. The van der Waals surface area contributed by atoms with Crippen LogP contribution in [0.1, 0.15) is 18.1 Å². The quantitative estimate of drug-likeness (QED) is 0.781. The number of hydrogen-bond acceptors (Lipinski definition) is 3. The van der Waals surface area contributed by atoms with Crippen LogP contribution in [0, 0.1) is 11.3 Å². The summed E-state index contributed by atoms with van der Waals surface area (Å²) in [6.07, 6.45) is 8.96. The van der Waals surface area contributed by atoms with Crippen LogP contribution in [0.15, 0.2) is 55.4 Å². The van der Waals surface area contributed by atoms with Gasteiger partial charge in [-0.3, -0.25) is 9.78 Å². The molecule has 0 aliphatic rings. The van der Waals surface area contributed by atoms with Gasteiger partial charge in [-0.25, -0.2) is 0 Å². The predicted octanol–water partition coefficient (Wildman–Crippen LogP) is 3.17. The minimum absolute atomic E-state index is 0.0344. The lowest BCUT2D eigenvalue weighted by atomic mass is 9.94. The first-order valence-electron chi connectivity index (χ1n) is 8.50. The van der Waals surface area contributed by atoms with Crippen LogP contribution in [0.3, 0.4) is 0 Å². The number of carbonyl (C=O) groups is 1. The zero-order valence-corrected chi connectivity index (χ0v) is 14.9. The molecule has 0 saturated heterocycles. The van der Waals surface area contributed by atoms with Gasteiger partial charge in [-0.2, -0.15) is 5.26 Å². The van der Waals surface area contributed by atoms with Gasteiger partial charge in [0.15, 0.2) is 0 Å². The van der Waals surface area contributed by atoms with E-state index in [1.807, 2.05) is 43.3 Å². The zero-order chi connectivity index (χ0) is 19.4. The fourth-order valence-electron chi connectivity index (χ4n) is 3.29. The number of hydrogen-bond donors (Lipinski definition) is 1. The Labute approximate surface area is 157 Å². The highest BCUT2D eigenvalue weighted by Gasteiger charge is 2.10. The van der Waals surface area contributed by atoms with Crippen LogP contribution in [0.5, 0.6) is 0 Å². The van der Waals surface area contributed by atoms with Crippen LogP contribution >= 0.6 is 0 Å². The predicted molar refractivity (Wildman–Crippen MR) is 107 cm³/mol. The molecule has 4 heteroatoms. The molecule has 0 saturated carbocycles. The Balaban J connectivity index is 2.38. The van der Waals surface area contributed by atoms with E-state index in [1.165, 1.54) is 0 Å². The lowest BCUT2D eigenvalue weighted by Crippen LogP contribution is -2.29. The molecule has 3 rings (SSSR count). The number of nitrogens with zero attached hydrogens (tertiary/aromatic N) is 2. The fourth-order valence-corrected chi connectivity index (χ4v) is 3.29. The lowest BCUT2D eigenvalue weighted by molar-refractivity contribution is -0.136. The average Bonchev–Trinajstić information content (AvgIpc) is 2.67. The average molecular weight is 354 g/mol. The number of carboxylic acids is 1. The van der Waals surface area contributed by atoms with Gasteiger partial charge in [-0.15, -0.1) is 0 Å². The first kappa shape index (κ1) is 18.1. The number of benzene rings is 2. The number of nitriles is 1. The number of rotatable bonds is 4. The Hall–Kier alpha value is -3.71. The van der Waals surface area contributed by atoms with Crippen LogP contribution in [0.4, 0.5) is 0 Å². The van der Waals surface area contributed by atoms with Crippen LogP contribution in [-0.2, 0) is 11.2 Å². The van der Waals surface area contributed by atoms with Crippen molar-refractivity contribution in [3.8, 4) is 17.2 Å². The van der Waals surface area contributed by atoms with Gasteiger partial charge in [0.1, 0.15) is 0 Å². The molecule has 0 atom stereocenters. The van der Waals surface area contributed by atoms with E-state index in [0.717, 1.165) is 37.9 Å². The summed E-state index contributed by atoms with van der Waals surface area (Å²) < 4.78 is 0. The van der Waals surface area contributed by atoms with Gasteiger partial charge < -0.3 is 5.11 Å². The molecule has 27 heavy (non-hydrogen) atoms. The molecule has 0 unspecified atom stereocenters. The van der Waals surface area contributed by atoms with Crippen molar-refractivity contribution >= 4 is 28.9 Å². The number of allylic oxidation sites excluding steroid dienone is 1. The summed E-state index contributed by atoms with van der Waals surface area (Å²) in [5.41, 5.74) is 3.15. The highest BCUT2D eigenvalue weighted by molar-refractivity contribution is 5.96. The van der Waals surface area contributed by atoms with Crippen molar-refractivity contribution in [3.63, 3.8) is 0 Å². The maximum atomic E-state index is 11.1. The Kier molecular flexibility index (Phi) is 5.14. The molecule has 1 aromatic heterocycles. The summed E-state index contributed by atoms with van der Waals surface area (Å²) in [5, 5.41) is 22.1. The second kappa shape index (κ2) is 7.67. The van der Waals surface area contributed by atoms with Crippen molar-refractivity contribution in [3.05, 3.63) is 76.9 Å². The molecule has 3 aromatic rings. The van der Waals surface area contributed by atoms with Gasteiger partial charge in [0.2, 0.25) is 0 Å². The first-order valence-corrected chi connectivity index (χ1v) is 8.50. The lowest BCUT2D eigenvalue weighted by Gasteiger charge is -2.10. The molecule has 2 aromatic carbocycles. The molecule has 1 N–H and O–H groups in total. The summed E-state index contributed by atoms with van der Waals surface area (Å²) >= 11 is 0. The van der Waals surface area contributed by atoms with Crippen LogP contribution in [0.25, 0.3) is 34.1 Å². The zero-order valence-electron chi connectivity index (χ0n) is 14.9. The second-order valence-electron chi connectivity index (χ2n) is 6.10. The van der Waals surface area contributed by atoms with Crippen molar-refractivity contribution in [2.45, 2.75) is 13.3 Å². The standard InChI is InChI=1S/C23H18N2O2/c1-3-5-19-16(12-24)8-9-20(18(19)4-2)22-14-25-13-17-7-6-15(10-21(17)22)11-23(26)27/h3-10,13-14H,1,11H2,2H3,(H,26,27)/b18-4+,19-5-. The summed E-state index contributed by atoms with van der Waals surface area (Å²) in [5.74, 6) is -0.867. The van der Waals surface area contributed by atoms with E-state index in [4.69, 9.17) is 5.11 Å². The summed E-state index contributed by atoms with van der Waals surface area (Å²) in [4.78, 5) is 15.4. The fraction of sp³-hybridized carbons (Fsp3) is 0.0870. The Bertz CT molecular complexity index is 1220. The smallest absolute Gasteiger partial charge is 0.307 e. The molecule has 4 nitrogen and oxygen atoms in total. The maximum absolute atomic E-state index is 11.1. The number of aromatic nitrogens is 1. The monoisotopic (exact) mass is 354 g/mol. The second-order valence-corrected chi connectivity index (χ2v) is 6.10. The molecule has 132 valence electrons. The van der Waals surface area contributed by atoms with Crippen LogP contribution < -0.4 is 10.4 Å². The van der Waals surface area contributed by atoms with Gasteiger partial charge in [0, 0.05) is 23.3 Å². The van der Waals surface area contributed by atoms with E-state index >= 15 is 0 Å². The maximum Gasteiger partial charge on any atom is 0.307 e. The number of aliphatic carboxylic acids is 1. The Morgan fingerprint density at radius 2 is 2.04 bits per heavy atom. The SMILES string of the molecule is C=C/C=c1/c(C#N)ccc(-c2cncc3ccc(CC(=O)O)cc23)/c1=C/C. The van der Waals surface area contributed by atoms with E-state index in [1.54, 1.807) is 24.5 Å². The molecule has 1 heterocycles. The normalized spacial score (nSPS) is 12.1. The van der Waals surface area contributed by atoms with Crippen molar-refractivity contribution in [1.82, 2.24) is 4.98 Å². The van der Waals surface area contributed by atoms with E-state index in [9.17, 15) is 10.1 Å². The molecule has 0 aliphatic heterocycles. The van der Waals surface area contributed by atoms with Gasteiger partial charge in [0.05, 0.1) is 18.1 Å². The molecular formula is C23H18N2O2. The van der Waals surface area contributed by atoms with Crippen molar-refractivity contribution in [2.75, 3.05) is 0 Å². The van der Waals surface area contributed by atoms with Gasteiger partial charge >= 0.3 is 5.97 Å². The molecule has 0 bridgehead atoms. The highest BCUT2D eigenvalue weighted by Crippen LogP contribution is 2.26. The summed E-state index contributed by atoms with van der Waals surface area (Å²) in [6, 6.07) is 11.5. The highest BCUT2D eigenvalue weighted by atomic mass is 16.4. The molecule has 0 fully saturated rings. The van der Waals surface area contributed by atoms with Crippen molar-refractivity contribution in [2.24, 2.45) is 0 Å². The third-order valence-corrected chi connectivity index (χ3v) is 4.45. The van der Waals surface area contributed by atoms with E-state index < -0.39 is 5.97 Å². The third-order valence-electron chi connectivity index (χ3n) is 4.45. The van der Waals surface area contributed by atoms with Crippen LogP contribution in [0.2, 0.25) is 0 Å². The first-order chi connectivity index (χ1) is 13.1. The van der Waals surface area contributed by atoms with E-state index in [0.29, 0.717) is 5.56 Å². The minimum atomic E-state index is -0.867. The number of fused-ring (bicyclic) bond motifs is 1. The van der Waals surface area contributed by atoms with Crippen LogP contribution in [-0.4, -0.2) is 16.1 Å². The number of pyridine rings is 1. The van der Waals surface area contributed by atoms with Gasteiger partial charge in [-0.1, -0.05) is 43.0 Å².